The monoisotopic (exact) mass is 426 g/mol. The number of phenolic OH excluding ortho intramolecular Hbond substituents is 1. The minimum Gasteiger partial charge on any atom is -0.507 e. The van der Waals surface area contributed by atoms with Crippen molar-refractivity contribution in [2.45, 2.75) is 25.7 Å². The number of benzene rings is 3. The van der Waals surface area contributed by atoms with E-state index in [1.165, 1.54) is 4.88 Å². The van der Waals surface area contributed by atoms with E-state index in [0.717, 1.165) is 47.7 Å². The minimum atomic E-state index is -0.125. The van der Waals surface area contributed by atoms with E-state index >= 15 is 0 Å². The number of nitrogens with zero attached hydrogens (tertiary/aromatic N) is 1. The minimum absolute atomic E-state index is 0.125. The van der Waals surface area contributed by atoms with Gasteiger partial charge in [-0.15, -0.1) is 11.3 Å². The van der Waals surface area contributed by atoms with Crippen LogP contribution in [0.15, 0.2) is 71.7 Å². The Morgan fingerprint density at radius 1 is 0.968 bits per heavy atom. The van der Waals surface area contributed by atoms with E-state index in [4.69, 9.17) is 4.99 Å². The van der Waals surface area contributed by atoms with Crippen LogP contribution in [0.4, 0.5) is 10.7 Å². The lowest BCUT2D eigenvalue weighted by molar-refractivity contribution is 0.102. The third-order valence-corrected chi connectivity index (χ3v) is 6.87. The fourth-order valence-corrected chi connectivity index (χ4v) is 5.37. The molecule has 31 heavy (non-hydrogen) atoms. The first kappa shape index (κ1) is 19.5. The first-order valence-electron chi connectivity index (χ1n) is 10.5. The lowest BCUT2D eigenvalue weighted by atomic mass is 9.95. The van der Waals surface area contributed by atoms with Crippen LogP contribution in [-0.2, 0) is 12.8 Å². The van der Waals surface area contributed by atoms with Gasteiger partial charge in [0, 0.05) is 22.3 Å². The van der Waals surface area contributed by atoms with Crippen LogP contribution < -0.4 is 5.32 Å². The number of aryl methyl sites for hydroxylation is 1. The maximum Gasteiger partial charge on any atom is 0.259 e. The van der Waals surface area contributed by atoms with Gasteiger partial charge in [-0.3, -0.25) is 4.79 Å². The van der Waals surface area contributed by atoms with Crippen LogP contribution in [0.3, 0.4) is 0 Å². The number of nitrogens with one attached hydrogen (secondary N) is 1. The van der Waals surface area contributed by atoms with Crippen molar-refractivity contribution in [3.8, 4) is 5.75 Å². The molecule has 4 aromatic rings. The van der Waals surface area contributed by atoms with Gasteiger partial charge >= 0.3 is 0 Å². The smallest absolute Gasteiger partial charge is 0.259 e. The van der Waals surface area contributed by atoms with Gasteiger partial charge in [-0.25, -0.2) is 4.99 Å². The fourth-order valence-electron chi connectivity index (χ4n) is 4.13. The lowest BCUT2D eigenvalue weighted by Crippen LogP contribution is -2.14. The Labute approximate surface area is 184 Å². The Kier molecular flexibility index (Phi) is 5.26. The van der Waals surface area contributed by atoms with Gasteiger partial charge in [-0.1, -0.05) is 48.5 Å². The van der Waals surface area contributed by atoms with Gasteiger partial charge in [0.25, 0.3) is 5.91 Å². The van der Waals surface area contributed by atoms with Crippen molar-refractivity contribution in [2.75, 3.05) is 5.32 Å². The van der Waals surface area contributed by atoms with Crippen molar-refractivity contribution in [1.82, 2.24) is 0 Å². The molecule has 5 heteroatoms. The van der Waals surface area contributed by atoms with E-state index < -0.39 is 0 Å². The molecular formula is C26H22N2O2S. The van der Waals surface area contributed by atoms with E-state index in [1.54, 1.807) is 23.6 Å². The van der Waals surface area contributed by atoms with Crippen LogP contribution in [0.5, 0.6) is 5.75 Å². The highest BCUT2D eigenvalue weighted by Gasteiger charge is 2.25. The maximum absolute atomic E-state index is 13.2. The topological polar surface area (TPSA) is 61.7 Å². The second-order valence-electron chi connectivity index (χ2n) is 7.69. The molecule has 154 valence electrons. The molecule has 1 aromatic heterocycles. The molecule has 1 heterocycles. The Hall–Kier alpha value is -3.44. The Balaban J connectivity index is 1.56. The number of anilines is 1. The molecule has 0 fully saturated rings. The second kappa shape index (κ2) is 8.36. The molecule has 1 aliphatic rings. The summed E-state index contributed by atoms with van der Waals surface area (Å²) in [6.45, 7) is 0. The number of thiophene rings is 1. The van der Waals surface area contributed by atoms with Gasteiger partial charge in [-0.2, -0.15) is 0 Å². The quantitative estimate of drug-likeness (QED) is 0.366. The number of rotatable bonds is 4. The number of carbonyl (C=O) groups is 1. The number of aromatic hydroxyl groups is 1. The van der Waals surface area contributed by atoms with Crippen LogP contribution in [0.25, 0.3) is 10.8 Å². The molecule has 1 amide bonds. The molecule has 0 bridgehead atoms. The molecule has 2 N–H and O–H groups in total. The summed E-state index contributed by atoms with van der Waals surface area (Å²) in [4.78, 5) is 19.2. The summed E-state index contributed by atoms with van der Waals surface area (Å²) in [6.07, 6.45) is 5.80. The first-order valence-corrected chi connectivity index (χ1v) is 11.3. The molecule has 3 aromatic carbocycles. The third-order valence-electron chi connectivity index (χ3n) is 5.67. The molecule has 0 spiro atoms. The molecule has 5 rings (SSSR count). The molecule has 4 nitrogen and oxygen atoms in total. The highest BCUT2D eigenvalue weighted by molar-refractivity contribution is 7.16. The van der Waals surface area contributed by atoms with Crippen molar-refractivity contribution < 1.29 is 9.90 Å². The molecule has 1 aliphatic carbocycles. The van der Waals surface area contributed by atoms with E-state index in [-0.39, 0.29) is 11.7 Å². The normalized spacial score (nSPS) is 13.4. The van der Waals surface area contributed by atoms with Crippen molar-refractivity contribution >= 4 is 44.9 Å². The number of carbonyl (C=O) groups excluding carboxylic acids is 1. The average Bonchev–Trinajstić information content (AvgIpc) is 3.17. The van der Waals surface area contributed by atoms with Crippen molar-refractivity contribution in [3.05, 3.63) is 88.3 Å². The molecule has 0 unspecified atom stereocenters. The molecule has 0 atom stereocenters. The van der Waals surface area contributed by atoms with Crippen LogP contribution in [-0.4, -0.2) is 17.2 Å². The number of aliphatic imine (C=N–C) groups is 1. The zero-order valence-electron chi connectivity index (χ0n) is 17.0. The van der Waals surface area contributed by atoms with Crippen molar-refractivity contribution in [1.29, 1.82) is 0 Å². The van der Waals surface area contributed by atoms with E-state index in [1.807, 2.05) is 60.7 Å². The number of hydrogen-bond donors (Lipinski definition) is 2. The summed E-state index contributed by atoms with van der Waals surface area (Å²) in [5.41, 5.74) is 3.22. The SMILES string of the molecule is O=C(Nc1ccccc1)c1c(/N=C/c2c(O)ccc3ccccc23)sc2c1CCCC2. The lowest BCUT2D eigenvalue weighted by Gasteiger charge is -2.12. The number of fused-ring (bicyclic) bond motifs is 2. The molecular weight excluding hydrogens is 404 g/mol. The summed E-state index contributed by atoms with van der Waals surface area (Å²) in [7, 11) is 0. The summed E-state index contributed by atoms with van der Waals surface area (Å²) in [5, 5.41) is 16.1. The molecule has 0 aliphatic heterocycles. The summed E-state index contributed by atoms with van der Waals surface area (Å²) in [5.74, 6) is 0.0546. The average molecular weight is 427 g/mol. The number of phenols is 1. The number of para-hydroxylation sites is 1. The fraction of sp³-hybridized carbons (Fsp3) is 0.154. The molecule has 0 radical (unpaired) electrons. The Bertz CT molecular complexity index is 1290. The van der Waals surface area contributed by atoms with Crippen molar-refractivity contribution in [3.63, 3.8) is 0 Å². The Morgan fingerprint density at radius 2 is 1.74 bits per heavy atom. The van der Waals surface area contributed by atoms with Crippen LogP contribution in [0.2, 0.25) is 0 Å². The van der Waals surface area contributed by atoms with E-state index in [0.29, 0.717) is 16.1 Å². The van der Waals surface area contributed by atoms with Gasteiger partial charge in [0.1, 0.15) is 10.8 Å². The Morgan fingerprint density at radius 3 is 2.61 bits per heavy atom. The van der Waals surface area contributed by atoms with Gasteiger partial charge < -0.3 is 10.4 Å². The summed E-state index contributed by atoms with van der Waals surface area (Å²) in [6, 6.07) is 21.0. The highest BCUT2D eigenvalue weighted by Crippen LogP contribution is 2.40. The van der Waals surface area contributed by atoms with Crippen LogP contribution >= 0.6 is 11.3 Å². The second-order valence-corrected chi connectivity index (χ2v) is 8.77. The predicted molar refractivity (Wildman–Crippen MR) is 128 cm³/mol. The number of hydrogen-bond acceptors (Lipinski definition) is 4. The zero-order valence-corrected chi connectivity index (χ0v) is 17.8. The van der Waals surface area contributed by atoms with Crippen LogP contribution in [0.1, 0.15) is 39.2 Å². The summed E-state index contributed by atoms with van der Waals surface area (Å²) >= 11 is 1.59. The van der Waals surface area contributed by atoms with Gasteiger partial charge in [0.2, 0.25) is 0 Å². The maximum atomic E-state index is 13.2. The molecule has 0 saturated carbocycles. The van der Waals surface area contributed by atoms with Crippen molar-refractivity contribution in [2.24, 2.45) is 4.99 Å². The van der Waals surface area contributed by atoms with Gasteiger partial charge in [-0.05, 0) is 60.2 Å². The number of amides is 1. The molecule has 0 saturated heterocycles. The first-order chi connectivity index (χ1) is 15.2. The van der Waals surface area contributed by atoms with E-state index in [9.17, 15) is 9.90 Å². The zero-order chi connectivity index (χ0) is 21.2. The van der Waals surface area contributed by atoms with Gasteiger partial charge in [0.05, 0.1) is 5.56 Å². The summed E-state index contributed by atoms with van der Waals surface area (Å²) < 4.78 is 0. The van der Waals surface area contributed by atoms with Gasteiger partial charge in [0.15, 0.2) is 0 Å². The largest absolute Gasteiger partial charge is 0.507 e. The highest BCUT2D eigenvalue weighted by atomic mass is 32.1. The third kappa shape index (κ3) is 3.84. The van der Waals surface area contributed by atoms with E-state index in [2.05, 4.69) is 5.32 Å². The van der Waals surface area contributed by atoms with Crippen LogP contribution in [0, 0.1) is 0 Å². The standard InChI is InChI=1S/C26H22N2O2S/c29-22-15-14-17-8-4-5-11-19(17)21(22)16-27-26-24(20-12-6-7-13-23(20)31-26)25(30)28-18-9-2-1-3-10-18/h1-5,8-11,14-16,29H,6-7,12-13H2,(H,28,30)/b27-16+. The predicted octanol–water partition coefficient (Wildman–Crippen LogP) is 6.49.